The van der Waals surface area contributed by atoms with Crippen molar-refractivity contribution in [1.29, 1.82) is 0 Å². The van der Waals surface area contributed by atoms with E-state index in [-0.39, 0.29) is 18.0 Å². The lowest BCUT2D eigenvalue weighted by Gasteiger charge is -2.05. The van der Waals surface area contributed by atoms with Gasteiger partial charge in [-0.05, 0) is 25.3 Å². The van der Waals surface area contributed by atoms with Crippen LogP contribution in [0.2, 0.25) is 0 Å². The van der Waals surface area contributed by atoms with Crippen molar-refractivity contribution in [2.75, 3.05) is 6.54 Å². The molecule has 0 aromatic heterocycles. The van der Waals surface area contributed by atoms with Gasteiger partial charge in [0.15, 0.2) is 0 Å². The number of esters is 1. The number of carbonyl (C=O) groups excluding carboxylic acids is 1. The Balaban J connectivity index is 2.59. The quantitative estimate of drug-likeness (QED) is 0.570. The molecule has 0 aromatic carbocycles. The van der Waals surface area contributed by atoms with Crippen LogP contribution in [-0.4, -0.2) is 18.6 Å². The van der Waals surface area contributed by atoms with Crippen LogP contribution in [0.5, 0.6) is 0 Å². The maximum Gasteiger partial charge on any atom is 0.309 e. The second-order valence-corrected chi connectivity index (χ2v) is 3.90. The van der Waals surface area contributed by atoms with Gasteiger partial charge >= 0.3 is 5.97 Å². The van der Waals surface area contributed by atoms with E-state index < -0.39 is 0 Å². The van der Waals surface area contributed by atoms with Gasteiger partial charge in [-0.15, -0.1) is 0 Å². The monoisotopic (exact) mass is 221 g/mol. The van der Waals surface area contributed by atoms with E-state index in [4.69, 9.17) is 10.5 Å². The summed E-state index contributed by atoms with van der Waals surface area (Å²) in [5.41, 5.74) is 6.53. The predicted molar refractivity (Wildman–Crippen MR) is 64.8 cm³/mol. The van der Waals surface area contributed by atoms with Crippen molar-refractivity contribution in [2.24, 2.45) is 11.7 Å². The summed E-state index contributed by atoms with van der Waals surface area (Å²) in [6.07, 6.45) is 8.93. The van der Waals surface area contributed by atoms with Gasteiger partial charge in [0.25, 0.3) is 0 Å². The average molecular weight is 221 g/mol. The maximum absolute atomic E-state index is 11.5. The zero-order valence-corrected chi connectivity index (χ0v) is 9.69. The van der Waals surface area contributed by atoms with Gasteiger partial charge in [-0.25, -0.2) is 0 Å². The normalized spacial score (nSPS) is 26.1. The van der Waals surface area contributed by atoms with E-state index in [2.05, 4.69) is 6.58 Å². The van der Waals surface area contributed by atoms with Crippen LogP contribution < -0.4 is 5.73 Å². The number of nitrogens with two attached hydrogens (primary N) is 1. The van der Waals surface area contributed by atoms with Crippen molar-refractivity contribution in [3.63, 3.8) is 0 Å². The minimum absolute atomic E-state index is 0.0666. The summed E-state index contributed by atoms with van der Waals surface area (Å²) >= 11 is 0. The number of allylic oxidation sites excluding steroid dienone is 5. The van der Waals surface area contributed by atoms with Gasteiger partial charge < -0.3 is 10.5 Å². The van der Waals surface area contributed by atoms with E-state index in [0.717, 1.165) is 12.0 Å². The topological polar surface area (TPSA) is 52.3 Å². The van der Waals surface area contributed by atoms with Gasteiger partial charge in [0.05, 0.1) is 5.92 Å². The van der Waals surface area contributed by atoms with Crippen molar-refractivity contribution in [2.45, 2.75) is 25.9 Å². The fraction of sp³-hybridized carbons (Fsp3) is 0.462. The number of ether oxygens (including phenoxy) is 1. The second-order valence-electron chi connectivity index (χ2n) is 3.90. The van der Waals surface area contributed by atoms with Crippen molar-refractivity contribution >= 4 is 5.97 Å². The molecule has 1 rings (SSSR count). The lowest BCUT2D eigenvalue weighted by atomic mass is 9.96. The highest BCUT2D eigenvalue weighted by molar-refractivity contribution is 5.75. The largest absolute Gasteiger partial charge is 0.461 e. The molecule has 2 atom stereocenters. The van der Waals surface area contributed by atoms with Crippen LogP contribution in [0.4, 0.5) is 0 Å². The summed E-state index contributed by atoms with van der Waals surface area (Å²) in [5, 5.41) is 0. The minimum atomic E-state index is -0.135. The maximum atomic E-state index is 11.5. The summed E-state index contributed by atoms with van der Waals surface area (Å²) in [6, 6.07) is 0. The van der Waals surface area contributed by atoms with Crippen LogP contribution in [0.3, 0.4) is 0 Å². The molecule has 3 heteroatoms. The zero-order valence-electron chi connectivity index (χ0n) is 9.69. The molecule has 0 aliphatic carbocycles. The molecule has 0 bridgehead atoms. The first-order valence-electron chi connectivity index (χ1n) is 5.56. The van der Waals surface area contributed by atoms with Gasteiger partial charge in [-0.2, -0.15) is 0 Å². The molecule has 88 valence electrons. The van der Waals surface area contributed by atoms with Crippen LogP contribution in [0.25, 0.3) is 0 Å². The molecule has 1 aliphatic rings. The lowest BCUT2D eigenvalue weighted by Crippen LogP contribution is -2.18. The Hall–Kier alpha value is -1.35. The highest BCUT2D eigenvalue weighted by Gasteiger charge is 2.33. The summed E-state index contributed by atoms with van der Waals surface area (Å²) in [7, 11) is 0. The Labute approximate surface area is 96.7 Å². The first kappa shape index (κ1) is 12.7. The van der Waals surface area contributed by atoms with Gasteiger partial charge in [0.1, 0.15) is 6.10 Å². The van der Waals surface area contributed by atoms with Crippen LogP contribution >= 0.6 is 0 Å². The molecule has 0 amide bonds. The van der Waals surface area contributed by atoms with Crippen LogP contribution in [0, 0.1) is 5.92 Å². The lowest BCUT2D eigenvalue weighted by molar-refractivity contribution is -0.144. The molecule has 0 saturated carbocycles. The van der Waals surface area contributed by atoms with E-state index in [9.17, 15) is 4.79 Å². The van der Waals surface area contributed by atoms with Crippen molar-refractivity contribution < 1.29 is 9.53 Å². The molecule has 0 aromatic rings. The number of carbonyl (C=O) groups is 1. The Morgan fingerprint density at radius 3 is 2.94 bits per heavy atom. The highest BCUT2D eigenvalue weighted by Crippen LogP contribution is 2.26. The fourth-order valence-corrected chi connectivity index (χ4v) is 1.76. The van der Waals surface area contributed by atoms with E-state index in [1.807, 2.05) is 25.2 Å². The van der Waals surface area contributed by atoms with Gasteiger partial charge in [0, 0.05) is 6.54 Å². The van der Waals surface area contributed by atoms with Crippen LogP contribution in [0.15, 0.2) is 36.5 Å². The average Bonchev–Trinajstić information content (AvgIpc) is 2.65. The van der Waals surface area contributed by atoms with E-state index >= 15 is 0 Å². The van der Waals surface area contributed by atoms with E-state index in [0.29, 0.717) is 13.0 Å². The second kappa shape index (κ2) is 6.28. The minimum Gasteiger partial charge on any atom is -0.461 e. The first-order chi connectivity index (χ1) is 7.71. The molecule has 0 radical (unpaired) electrons. The number of rotatable bonds is 5. The molecule has 1 fully saturated rings. The molecule has 1 heterocycles. The fourth-order valence-electron chi connectivity index (χ4n) is 1.76. The summed E-state index contributed by atoms with van der Waals surface area (Å²) < 4.78 is 5.13. The summed E-state index contributed by atoms with van der Waals surface area (Å²) in [4.78, 5) is 11.5. The smallest absolute Gasteiger partial charge is 0.309 e. The Morgan fingerprint density at radius 2 is 2.44 bits per heavy atom. The summed E-state index contributed by atoms with van der Waals surface area (Å²) in [5.74, 6) is -0.202. The molecule has 16 heavy (non-hydrogen) atoms. The molecule has 1 aliphatic heterocycles. The standard InChI is InChI=1S/C13H19NO2/c1-3-5-6-10(4-2)7-11-8-12(9-14)16-13(11)15/h3-6,11-12H,2,7-9,14H2,1H3/b5-3-,10-6+. The third kappa shape index (κ3) is 3.35. The SMILES string of the molecule is C=C/C(=C\C=C/C)CC1CC(CN)OC1=O. The van der Waals surface area contributed by atoms with Crippen molar-refractivity contribution in [1.82, 2.24) is 0 Å². The zero-order chi connectivity index (χ0) is 12.0. The molecule has 1 saturated heterocycles. The van der Waals surface area contributed by atoms with Crippen LogP contribution in [0.1, 0.15) is 19.8 Å². The van der Waals surface area contributed by atoms with E-state index in [1.165, 1.54) is 0 Å². The molecular weight excluding hydrogens is 202 g/mol. The van der Waals surface area contributed by atoms with Crippen molar-refractivity contribution in [3.05, 3.63) is 36.5 Å². The van der Waals surface area contributed by atoms with Crippen LogP contribution in [-0.2, 0) is 9.53 Å². The van der Waals surface area contributed by atoms with Gasteiger partial charge in [-0.3, -0.25) is 4.79 Å². The van der Waals surface area contributed by atoms with E-state index in [1.54, 1.807) is 6.08 Å². The van der Waals surface area contributed by atoms with Gasteiger partial charge in [-0.1, -0.05) is 30.9 Å². The number of cyclic esters (lactones) is 1. The number of hydrogen-bond acceptors (Lipinski definition) is 3. The third-order valence-electron chi connectivity index (χ3n) is 2.67. The molecule has 2 unspecified atom stereocenters. The third-order valence-corrected chi connectivity index (χ3v) is 2.67. The van der Waals surface area contributed by atoms with Crippen molar-refractivity contribution in [3.8, 4) is 0 Å². The van der Waals surface area contributed by atoms with Gasteiger partial charge in [0.2, 0.25) is 0 Å². The predicted octanol–water partition coefficient (Wildman–Crippen LogP) is 1.96. The number of hydrogen-bond donors (Lipinski definition) is 1. The molecule has 3 nitrogen and oxygen atoms in total. The Kier molecular flexibility index (Phi) is 4.99. The molecule has 2 N–H and O–H groups in total. The summed E-state index contributed by atoms with van der Waals surface area (Å²) in [6.45, 7) is 6.10. The molecule has 0 spiro atoms. The highest BCUT2D eigenvalue weighted by atomic mass is 16.6. The first-order valence-corrected chi connectivity index (χ1v) is 5.56. The Morgan fingerprint density at radius 1 is 1.69 bits per heavy atom. The molecular formula is C13H19NO2. The Bertz CT molecular complexity index is 318.